The fourth-order valence-corrected chi connectivity index (χ4v) is 2.67. The van der Waals surface area contributed by atoms with E-state index in [2.05, 4.69) is 24.3 Å². The number of hydrogen-bond acceptors (Lipinski definition) is 2. The largest absolute Gasteiger partial charge is 0.376 e. The van der Waals surface area contributed by atoms with E-state index in [0.717, 1.165) is 11.5 Å². The molecule has 1 aromatic rings. The van der Waals surface area contributed by atoms with Crippen molar-refractivity contribution in [3.8, 4) is 0 Å². The van der Waals surface area contributed by atoms with Crippen LogP contribution in [-0.4, -0.2) is 12.9 Å². The van der Waals surface area contributed by atoms with Gasteiger partial charge in [-0.15, -0.1) is 0 Å². The van der Waals surface area contributed by atoms with E-state index >= 15 is 0 Å². The smallest absolute Gasteiger partial charge is 0.0914 e. The van der Waals surface area contributed by atoms with Crippen molar-refractivity contribution in [1.82, 2.24) is 0 Å². The van der Waals surface area contributed by atoms with Crippen molar-refractivity contribution in [2.24, 2.45) is 0 Å². The van der Waals surface area contributed by atoms with Crippen LogP contribution in [0.1, 0.15) is 17.2 Å². The number of thioether (sulfide) groups is 1. The third-order valence-corrected chi connectivity index (χ3v) is 3.27. The monoisotopic (exact) mass is 180 g/mol. The minimum absolute atomic E-state index is 0.306. The van der Waals surface area contributed by atoms with Gasteiger partial charge in [0.2, 0.25) is 0 Å². The lowest BCUT2D eigenvalue weighted by molar-refractivity contribution is 0.122. The van der Waals surface area contributed by atoms with Gasteiger partial charge in [-0.05, 0) is 11.1 Å². The molecule has 0 aliphatic carbocycles. The Morgan fingerprint density at radius 2 is 2.25 bits per heavy atom. The molecule has 1 aliphatic heterocycles. The molecular formula is C10H12OS. The number of methoxy groups -OCH3 is 1. The summed E-state index contributed by atoms with van der Waals surface area (Å²) in [6.07, 6.45) is 0.306. The minimum atomic E-state index is 0.306. The first-order valence-electron chi connectivity index (χ1n) is 4.10. The summed E-state index contributed by atoms with van der Waals surface area (Å²) in [6, 6.07) is 8.54. The minimum Gasteiger partial charge on any atom is -0.376 e. The average Bonchev–Trinajstić information content (AvgIpc) is 2.17. The number of ether oxygens (including phenoxy) is 1. The summed E-state index contributed by atoms with van der Waals surface area (Å²) in [5.74, 6) is 2.23. The van der Waals surface area contributed by atoms with Crippen molar-refractivity contribution in [1.29, 1.82) is 0 Å². The first-order valence-corrected chi connectivity index (χ1v) is 5.25. The third kappa shape index (κ3) is 1.37. The molecule has 1 heterocycles. The first kappa shape index (κ1) is 8.14. The maximum Gasteiger partial charge on any atom is 0.0914 e. The summed E-state index contributed by atoms with van der Waals surface area (Å²) in [4.78, 5) is 0. The van der Waals surface area contributed by atoms with Crippen molar-refractivity contribution in [3.05, 3.63) is 35.4 Å². The Kier molecular flexibility index (Phi) is 2.38. The number of fused-ring (bicyclic) bond motifs is 1. The van der Waals surface area contributed by atoms with Crippen LogP contribution in [0.3, 0.4) is 0 Å². The standard InChI is InChI=1S/C10H12OS/c1-11-10-7-12-6-8-4-2-3-5-9(8)10/h2-5,10H,6-7H2,1H3. The molecule has 0 bridgehead atoms. The van der Waals surface area contributed by atoms with Gasteiger partial charge in [-0.1, -0.05) is 24.3 Å². The molecule has 0 radical (unpaired) electrons. The Labute approximate surface area is 77.1 Å². The maximum absolute atomic E-state index is 5.40. The van der Waals surface area contributed by atoms with Crippen LogP contribution in [0.5, 0.6) is 0 Å². The molecule has 1 unspecified atom stereocenters. The van der Waals surface area contributed by atoms with Crippen LogP contribution >= 0.6 is 11.8 Å². The van der Waals surface area contributed by atoms with Gasteiger partial charge in [0.1, 0.15) is 0 Å². The van der Waals surface area contributed by atoms with E-state index in [-0.39, 0.29) is 0 Å². The fraction of sp³-hybridized carbons (Fsp3) is 0.400. The lowest BCUT2D eigenvalue weighted by atomic mass is 10.0. The molecule has 0 saturated carbocycles. The molecule has 2 heteroatoms. The molecule has 1 atom stereocenters. The second kappa shape index (κ2) is 3.50. The van der Waals surface area contributed by atoms with Gasteiger partial charge in [-0.2, -0.15) is 11.8 Å². The van der Waals surface area contributed by atoms with E-state index in [9.17, 15) is 0 Å². The van der Waals surface area contributed by atoms with Gasteiger partial charge in [0, 0.05) is 18.6 Å². The molecule has 1 aliphatic rings. The van der Waals surface area contributed by atoms with Crippen LogP contribution in [-0.2, 0) is 10.5 Å². The van der Waals surface area contributed by atoms with Crippen LogP contribution in [0, 0.1) is 0 Å². The molecule has 64 valence electrons. The van der Waals surface area contributed by atoms with Crippen LogP contribution in [0.25, 0.3) is 0 Å². The summed E-state index contributed by atoms with van der Waals surface area (Å²) in [5, 5.41) is 0. The highest BCUT2D eigenvalue weighted by Gasteiger charge is 2.18. The highest BCUT2D eigenvalue weighted by atomic mass is 32.2. The Bertz CT molecular complexity index is 272. The highest BCUT2D eigenvalue weighted by Crippen LogP contribution is 2.32. The molecule has 0 saturated heterocycles. The summed E-state index contributed by atoms with van der Waals surface area (Å²) < 4.78 is 5.40. The van der Waals surface area contributed by atoms with Crippen LogP contribution < -0.4 is 0 Å². The predicted molar refractivity (Wildman–Crippen MR) is 52.4 cm³/mol. The van der Waals surface area contributed by atoms with E-state index in [1.165, 1.54) is 11.1 Å². The van der Waals surface area contributed by atoms with Crippen molar-refractivity contribution >= 4 is 11.8 Å². The SMILES string of the molecule is COC1CSCc2ccccc21. The highest BCUT2D eigenvalue weighted by molar-refractivity contribution is 7.98. The average molecular weight is 180 g/mol. The number of hydrogen-bond donors (Lipinski definition) is 0. The predicted octanol–water partition coefficient (Wildman–Crippen LogP) is 2.62. The normalized spacial score (nSPS) is 21.9. The summed E-state index contributed by atoms with van der Waals surface area (Å²) in [5.41, 5.74) is 2.80. The lowest BCUT2D eigenvalue weighted by Crippen LogP contribution is -2.11. The van der Waals surface area contributed by atoms with Crippen molar-refractivity contribution in [2.75, 3.05) is 12.9 Å². The zero-order valence-corrected chi connectivity index (χ0v) is 7.93. The Balaban J connectivity index is 2.37. The van der Waals surface area contributed by atoms with Gasteiger partial charge in [0.25, 0.3) is 0 Å². The molecule has 1 aromatic carbocycles. The van der Waals surface area contributed by atoms with Crippen molar-refractivity contribution in [3.63, 3.8) is 0 Å². The second-order valence-electron chi connectivity index (χ2n) is 2.94. The summed E-state index contributed by atoms with van der Waals surface area (Å²) >= 11 is 1.95. The van der Waals surface area contributed by atoms with E-state index in [4.69, 9.17) is 4.74 Å². The Morgan fingerprint density at radius 3 is 3.08 bits per heavy atom. The Morgan fingerprint density at radius 1 is 1.42 bits per heavy atom. The zero-order chi connectivity index (χ0) is 8.39. The number of benzene rings is 1. The number of rotatable bonds is 1. The van der Waals surface area contributed by atoms with Gasteiger partial charge in [0.15, 0.2) is 0 Å². The Hall–Kier alpha value is -0.470. The van der Waals surface area contributed by atoms with Crippen LogP contribution in [0.2, 0.25) is 0 Å². The summed E-state index contributed by atoms with van der Waals surface area (Å²) in [6.45, 7) is 0. The molecule has 0 fully saturated rings. The molecule has 1 nitrogen and oxygen atoms in total. The summed E-state index contributed by atoms with van der Waals surface area (Å²) in [7, 11) is 1.79. The van der Waals surface area contributed by atoms with Gasteiger partial charge in [-0.25, -0.2) is 0 Å². The molecule has 0 spiro atoms. The van der Waals surface area contributed by atoms with E-state index in [1.54, 1.807) is 7.11 Å². The molecule has 0 N–H and O–H groups in total. The van der Waals surface area contributed by atoms with Gasteiger partial charge in [-0.3, -0.25) is 0 Å². The van der Waals surface area contributed by atoms with Crippen molar-refractivity contribution in [2.45, 2.75) is 11.9 Å². The van der Waals surface area contributed by atoms with Gasteiger partial charge >= 0.3 is 0 Å². The quantitative estimate of drug-likeness (QED) is 0.657. The second-order valence-corrected chi connectivity index (χ2v) is 3.97. The third-order valence-electron chi connectivity index (χ3n) is 2.21. The molecule has 12 heavy (non-hydrogen) atoms. The van der Waals surface area contributed by atoms with E-state index in [1.807, 2.05) is 11.8 Å². The van der Waals surface area contributed by atoms with Crippen LogP contribution in [0.4, 0.5) is 0 Å². The van der Waals surface area contributed by atoms with Gasteiger partial charge in [0.05, 0.1) is 6.10 Å². The fourth-order valence-electron chi connectivity index (χ4n) is 1.54. The molecule has 2 rings (SSSR count). The van der Waals surface area contributed by atoms with Crippen molar-refractivity contribution < 1.29 is 4.74 Å². The first-order chi connectivity index (χ1) is 5.92. The molecule has 0 aromatic heterocycles. The van der Waals surface area contributed by atoms with E-state index < -0.39 is 0 Å². The molecular weight excluding hydrogens is 168 g/mol. The molecule has 0 amide bonds. The van der Waals surface area contributed by atoms with Crippen LogP contribution in [0.15, 0.2) is 24.3 Å². The van der Waals surface area contributed by atoms with E-state index in [0.29, 0.717) is 6.10 Å². The lowest BCUT2D eigenvalue weighted by Gasteiger charge is -2.23. The maximum atomic E-state index is 5.40. The topological polar surface area (TPSA) is 9.23 Å². The van der Waals surface area contributed by atoms with Gasteiger partial charge < -0.3 is 4.74 Å². The zero-order valence-electron chi connectivity index (χ0n) is 7.12.